The van der Waals surface area contributed by atoms with E-state index in [0.717, 1.165) is 25.2 Å². The highest BCUT2D eigenvalue weighted by Gasteiger charge is 2.30. The van der Waals surface area contributed by atoms with Crippen molar-refractivity contribution < 1.29 is 13.3 Å². The van der Waals surface area contributed by atoms with E-state index in [2.05, 4.69) is 14.9 Å². The summed E-state index contributed by atoms with van der Waals surface area (Å²) in [6, 6.07) is 13.2. The van der Waals surface area contributed by atoms with E-state index < -0.39 is 14.9 Å². The maximum Gasteiger partial charge on any atom is 0.269 e. The molecule has 8 nitrogen and oxygen atoms in total. The second-order valence-corrected chi connectivity index (χ2v) is 8.90. The van der Waals surface area contributed by atoms with Crippen molar-refractivity contribution in [1.82, 2.24) is 10.2 Å². The van der Waals surface area contributed by atoms with E-state index >= 15 is 0 Å². The zero-order valence-corrected chi connectivity index (χ0v) is 16.1. The Morgan fingerprint density at radius 1 is 1.04 bits per heavy atom. The SMILES string of the molecule is O=[N+]([O-])c1ccc(S(=O)(=O)Nc2ccc(C3CNC4CCN3CC4)cc2)cc1. The predicted molar refractivity (Wildman–Crippen MR) is 106 cm³/mol. The maximum atomic E-state index is 12.5. The van der Waals surface area contributed by atoms with E-state index in [0.29, 0.717) is 17.8 Å². The van der Waals surface area contributed by atoms with Gasteiger partial charge in [-0.2, -0.15) is 0 Å². The van der Waals surface area contributed by atoms with Crippen LogP contribution in [0.1, 0.15) is 24.4 Å². The molecule has 3 aliphatic rings. The Bertz CT molecular complexity index is 952. The molecule has 3 aliphatic heterocycles. The topological polar surface area (TPSA) is 105 Å². The minimum absolute atomic E-state index is 0.0155. The Kier molecular flexibility index (Phi) is 5.05. The normalized spacial score (nSPS) is 24.5. The Hall–Kier alpha value is -2.49. The van der Waals surface area contributed by atoms with Gasteiger partial charge in [-0.15, -0.1) is 0 Å². The third-order valence-electron chi connectivity index (χ3n) is 5.48. The highest BCUT2D eigenvalue weighted by molar-refractivity contribution is 7.92. The van der Waals surface area contributed by atoms with Gasteiger partial charge in [-0.1, -0.05) is 12.1 Å². The molecule has 2 N–H and O–H groups in total. The molecular weight excluding hydrogens is 380 g/mol. The number of anilines is 1. The van der Waals surface area contributed by atoms with Gasteiger partial charge in [0.1, 0.15) is 0 Å². The lowest BCUT2D eigenvalue weighted by molar-refractivity contribution is -0.384. The number of non-ortho nitro benzene ring substituents is 1. The van der Waals surface area contributed by atoms with Crippen molar-refractivity contribution in [1.29, 1.82) is 0 Å². The molecule has 1 atom stereocenters. The van der Waals surface area contributed by atoms with Gasteiger partial charge in [-0.3, -0.25) is 19.7 Å². The zero-order chi connectivity index (χ0) is 19.7. The van der Waals surface area contributed by atoms with Gasteiger partial charge in [-0.25, -0.2) is 8.42 Å². The van der Waals surface area contributed by atoms with Crippen molar-refractivity contribution in [3.8, 4) is 0 Å². The highest BCUT2D eigenvalue weighted by Crippen LogP contribution is 2.29. The Morgan fingerprint density at radius 2 is 1.68 bits per heavy atom. The van der Waals surface area contributed by atoms with Crippen LogP contribution in [-0.2, 0) is 10.0 Å². The van der Waals surface area contributed by atoms with Crippen molar-refractivity contribution in [2.24, 2.45) is 0 Å². The van der Waals surface area contributed by atoms with Crippen LogP contribution in [0.15, 0.2) is 53.4 Å². The molecule has 3 fully saturated rings. The number of piperidine rings is 1. The van der Waals surface area contributed by atoms with Crippen LogP contribution in [0.3, 0.4) is 0 Å². The molecule has 0 aromatic heterocycles. The number of nitrogens with one attached hydrogen (secondary N) is 2. The maximum absolute atomic E-state index is 12.5. The van der Waals surface area contributed by atoms with E-state index in [-0.39, 0.29) is 10.6 Å². The Labute approximate surface area is 163 Å². The van der Waals surface area contributed by atoms with Gasteiger partial charge in [-0.05, 0) is 42.7 Å². The number of rotatable bonds is 5. The average Bonchev–Trinajstić information content (AvgIpc) is 3.02. The molecule has 28 heavy (non-hydrogen) atoms. The first-order valence-corrected chi connectivity index (χ1v) is 10.8. The molecule has 2 aromatic carbocycles. The summed E-state index contributed by atoms with van der Waals surface area (Å²) in [7, 11) is -3.80. The number of hydrogen-bond acceptors (Lipinski definition) is 6. The van der Waals surface area contributed by atoms with E-state index in [1.165, 1.54) is 37.1 Å². The summed E-state index contributed by atoms with van der Waals surface area (Å²) in [5, 5.41) is 14.3. The summed E-state index contributed by atoms with van der Waals surface area (Å²) in [4.78, 5) is 12.6. The van der Waals surface area contributed by atoms with Crippen LogP contribution in [0.2, 0.25) is 0 Å². The molecule has 3 saturated heterocycles. The van der Waals surface area contributed by atoms with Gasteiger partial charge in [0.25, 0.3) is 15.7 Å². The standard InChI is InChI=1S/C19H22N4O4S/c24-23(25)17-5-7-18(8-6-17)28(26,27)21-16-3-1-14(2-4-16)19-13-20-15-9-11-22(19)12-10-15/h1-8,15,19-21H,9-13H2. The summed E-state index contributed by atoms with van der Waals surface area (Å²) < 4.78 is 27.6. The number of nitro benzene ring substituents is 1. The minimum atomic E-state index is -3.80. The van der Waals surface area contributed by atoms with E-state index in [9.17, 15) is 18.5 Å². The molecule has 0 spiro atoms. The number of nitro groups is 1. The van der Waals surface area contributed by atoms with Crippen molar-refractivity contribution in [2.45, 2.75) is 29.8 Å². The Morgan fingerprint density at radius 3 is 2.29 bits per heavy atom. The summed E-state index contributed by atoms with van der Waals surface area (Å²) >= 11 is 0. The first kappa shape index (κ1) is 18.9. The molecule has 5 rings (SSSR count). The van der Waals surface area contributed by atoms with Crippen molar-refractivity contribution >= 4 is 21.4 Å². The lowest BCUT2D eigenvalue weighted by Crippen LogP contribution is -2.35. The second kappa shape index (κ2) is 7.50. The molecule has 148 valence electrons. The molecule has 0 amide bonds. The first-order chi connectivity index (χ1) is 13.4. The summed E-state index contributed by atoms with van der Waals surface area (Å²) in [6.07, 6.45) is 2.34. The molecular formula is C19H22N4O4S. The van der Waals surface area contributed by atoms with Gasteiger partial charge >= 0.3 is 0 Å². The third kappa shape index (κ3) is 3.87. The average molecular weight is 402 g/mol. The number of benzene rings is 2. The van der Waals surface area contributed by atoms with Crippen molar-refractivity contribution in [3.05, 3.63) is 64.2 Å². The summed E-state index contributed by atoms with van der Waals surface area (Å²) in [5.74, 6) is 0. The van der Waals surface area contributed by atoms with E-state index in [1.54, 1.807) is 12.1 Å². The van der Waals surface area contributed by atoms with Crippen LogP contribution in [0.4, 0.5) is 11.4 Å². The quantitative estimate of drug-likeness (QED) is 0.588. The van der Waals surface area contributed by atoms with Gasteiger partial charge < -0.3 is 5.32 Å². The number of sulfonamides is 1. The molecule has 0 aliphatic carbocycles. The largest absolute Gasteiger partial charge is 0.312 e. The first-order valence-electron chi connectivity index (χ1n) is 9.27. The number of nitrogens with zero attached hydrogens (tertiary/aromatic N) is 2. The van der Waals surface area contributed by atoms with Gasteiger partial charge in [0.05, 0.1) is 9.82 Å². The van der Waals surface area contributed by atoms with Crippen LogP contribution < -0.4 is 10.0 Å². The van der Waals surface area contributed by atoms with Gasteiger partial charge in [0, 0.05) is 49.5 Å². The number of fused-ring (bicyclic) bond motifs is 4. The number of hydrogen-bond donors (Lipinski definition) is 2. The highest BCUT2D eigenvalue weighted by atomic mass is 32.2. The fourth-order valence-corrected chi connectivity index (χ4v) is 4.94. The van der Waals surface area contributed by atoms with E-state index in [4.69, 9.17) is 0 Å². The summed E-state index contributed by atoms with van der Waals surface area (Å²) in [6.45, 7) is 3.06. The lowest BCUT2D eigenvalue weighted by atomic mass is 10.0. The molecule has 3 heterocycles. The third-order valence-corrected chi connectivity index (χ3v) is 6.87. The van der Waals surface area contributed by atoms with Gasteiger partial charge in [0.2, 0.25) is 0 Å². The molecule has 1 unspecified atom stereocenters. The second-order valence-electron chi connectivity index (χ2n) is 7.21. The fraction of sp³-hybridized carbons (Fsp3) is 0.368. The molecule has 0 saturated carbocycles. The predicted octanol–water partition coefficient (Wildman–Crippen LogP) is 2.50. The van der Waals surface area contributed by atoms with Crippen LogP contribution in [-0.4, -0.2) is 43.9 Å². The van der Waals surface area contributed by atoms with Gasteiger partial charge in [0.15, 0.2) is 0 Å². The van der Waals surface area contributed by atoms with Crippen LogP contribution in [0, 0.1) is 10.1 Å². The fourth-order valence-electron chi connectivity index (χ4n) is 3.89. The molecule has 2 aromatic rings. The Balaban J connectivity index is 1.48. The zero-order valence-electron chi connectivity index (χ0n) is 15.2. The molecule has 2 bridgehead atoms. The summed E-state index contributed by atoms with van der Waals surface area (Å²) in [5.41, 5.74) is 1.47. The van der Waals surface area contributed by atoms with Crippen LogP contribution in [0.5, 0.6) is 0 Å². The monoisotopic (exact) mass is 402 g/mol. The minimum Gasteiger partial charge on any atom is -0.312 e. The van der Waals surface area contributed by atoms with Crippen molar-refractivity contribution in [2.75, 3.05) is 24.4 Å². The van der Waals surface area contributed by atoms with Crippen molar-refractivity contribution in [3.63, 3.8) is 0 Å². The smallest absolute Gasteiger partial charge is 0.269 e. The van der Waals surface area contributed by atoms with Crippen LogP contribution >= 0.6 is 0 Å². The molecule has 9 heteroatoms. The lowest BCUT2D eigenvalue weighted by Gasteiger charge is -2.31. The van der Waals surface area contributed by atoms with Crippen LogP contribution in [0.25, 0.3) is 0 Å². The van der Waals surface area contributed by atoms with E-state index in [1.807, 2.05) is 12.1 Å². The molecule has 0 radical (unpaired) electrons.